The number of carbonyl (C=O) groups excluding carboxylic acids is 1. The average molecular weight is 423 g/mol. The molecule has 0 atom stereocenters. The molecule has 1 amide bonds. The van der Waals surface area contributed by atoms with E-state index in [1.165, 1.54) is 25.3 Å². The minimum Gasteiger partial charge on any atom is -0.494 e. The van der Waals surface area contributed by atoms with Gasteiger partial charge in [0.2, 0.25) is 11.0 Å². The van der Waals surface area contributed by atoms with Crippen molar-refractivity contribution in [3.63, 3.8) is 0 Å². The van der Waals surface area contributed by atoms with Crippen LogP contribution in [0, 0.1) is 10.1 Å². The molecule has 146 valence electrons. The monoisotopic (exact) mass is 423 g/mol. The molecule has 1 heterocycles. The molecule has 0 unspecified atom stereocenters. The Morgan fingerprint density at radius 1 is 1.41 bits per heavy atom. The molecule has 0 aliphatic carbocycles. The number of nitrogens with one attached hydrogen (secondary N) is 2. The van der Waals surface area contributed by atoms with Crippen LogP contribution in [0.3, 0.4) is 0 Å². The number of benzene rings is 1. The number of halogens is 3. The predicted molar refractivity (Wildman–Crippen MR) is 93.5 cm³/mol. The summed E-state index contributed by atoms with van der Waals surface area (Å²) in [6.07, 6.45) is -4.37. The summed E-state index contributed by atoms with van der Waals surface area (Å²) in [5, 5.41) is 22.6. The molecular formula is C13H12F3N5O4S2. The molecule has 2 rings (SSSR count). The van der Waals surface area contributed by atoms with E-state index in [9.17, 15) is 28.1 Å². The summed E-state index contributed by atoms with van der Waals surface area (Å²) in [5.41, 5.74) is 0.0606. The van der Waals surface area contributed by atoms with Gasteiger partial charge in [0.05, 0.1) is 29.5 Å². The van der Waals surface area contributed by atoms with Crippen molar-refractivity contribution < 1.29 is 27.6 Å². The first-order valence-corrected chi connectivity index (χ1v) is 8.87. The maximum Gasteiger partial charge on any atom is 0.405 e. The van der Waals surface area contributed by atoms with Gasteiger partial charge in [-0.1, -0.05) is 23.1 Å². The van der Waals surface area contributed by atoms with Gasteiger partial charge in [-0.2, -0.15) is 13.2 Å². The molecule has 2 aromatic rings. The van der Waals surface area contributed by atoms with E-state index >= 15 is 0 Å². The van der Waals surface area contributed by atoms with Crippen molar-refractivity contribution in [2.75, 3.05) is 30.0 Å². The molecular weight excluding hydrogens is 411 g/mol. The predicted octanol–water partition coefficient (Wildman–Crippen LogP) is 3.16. The highest BCUT2D eigenvalue weighted by Gasteiger charge is 2.27. The SMILES string of the molecule is COc1cc([N+](=O)[O-])ccc1NC(=O)CSc1nnc(NCC(F)(F)F)s1. The summed E-state index contributed by atoms with van der Waals surface area (Å²) in [4.78, 5) is 22.2. The van der Waals surface area contributed by atoms with Gasteiger partial charge in [0.15, 0.2) is 4.34 Å². The number of anilines is 2. The average Bonchev–Trinajstić information content (AvgIpc) is 3.06. The first-order chi connectivity index (χ1) is 12.7. The van der Waals surface area contributed by atoms with E-state index in [1.54, 1.807) is 0 Å². The summed E-state index contributed by atoms with van der Waals surface area (Å²) in [6, 6.07) is 3.73. The lowest BCUT2D eigenvalue weighted by atomic mass is 10.2. The third-order valence-electron chi connectivity index (χ3n) is 2.84. The molecule has 0 radical (unpaired) electrons. The van der Waals surface area contributed by atoms with E-state index in [-0.39, 0.29) is 28.0 Å². The lowest BCUT2D eigenvalue weighted by Crippen LogP contribution is -2.21. The van der Waals surface area contributed by atoms with Crippen molar-refractivity contribution >= 4 is 45.5 Å². The van der Waals surface area contributed by atoms with Gasteiger partial charge in [0.1, 0.15) is 12.3 Å². The topological polar surface area (TPSA) is 119 Å². The van der Waals surface area contributed by atoms with Crippen LogP contribution in [0.25, 0.3) is 0 Å². The van der Waals surface area contributed by atoms with Crippen molar-refractivity contribution in [1.82, 2.24) is 10.2 Å². The number of non-ortho nitro benzene ring substituents is 1. The molecule has 1 aromatic carbocycles. The minimum absolute atomic E-state index is 0.00716. The fourth-order valence-corrected chi connectivity index (χ4v) is 3.27. The number of alkyl halides is 3. The van der Waals surface area contributed by atoms with E-state index in [0.29, 0.717) is 4.34 Å². The maximum absolute atomic E-state index is 12.1. The Labute approximate surface area is 158 Å². The van der Waals surface area contributed by atoms with Crippen LogP contribution < -0.4 is 15.4 Å². The molecule has 27 heavy (non-hydrogen) atoms. The van der Waals surface area contributed by atoms with E-state index in [0.717, 1.165) is 23.1 Å². The molecule has 0 fully saturated rings. The van der Waals surface area contributed by atoms with E-state index in [4.69, 9.17) is 4.74 Å². The van der Waals surface area contributed by atoms with E-state index in [1.807, 2.05) is 0 Å². The Morgan fingerprint density at radius 3 is 2.78 bits per heavy atom. The molecule has 9 nitrogen and oxygen atoms in total. The molecule has 0 spiro atoms. The van der Waals surface area contributed by atoms with Gasteiger partial charge in [0.25, 0.3) is 5.69 Å². The molecule has 2 N–H and O–H groups in total. The first kappa shape index (κ1) is 20.7. The molecule has 0 saturated heterocycles. The van der Waals surface area contributed by atoms with Gasteiger partial charge >= 0.3 is 6.18 Å². The van der Waals surface area contributed by atoms with Gasteiger partial charge in [-0.05, 0) is 6.07 Å². The van der Waals surface area contributed by atoms with Crippen LogP contribution in [0.4, 0.5) is 29.7 Å². The van der Waals surface area contributed by atoms with Crippen LogP contribution >= 0.6 is 23.1 Å². The summed E-state index contributed by atoms with van der Waals surface area (Å²) in [6.45, 7) is -1.23. The third-order valence-corrected chi connectivity index (χ3v) is 4.86. The zero-order valence-corrected chi connectivity index (χ0v) is 15.2. The number of nitrogens with zero attached hydrogens (tertiary/aromatic N) is 3. The number of nitro groups is 1. The highest BCUT2D eigenvalue weighted by Crippen LogP contribution is 2.30. The van der Waals surface area contributed by atoms with Crippen LogP contribution in [-0.4, -0.2) is 46.6 Å². The van der Waals surface area contributed by atoms with Crippen molar-refractivity contribution in [2.24, 2.45) is 0 Å². The number of nitro benzene ring substituents is 1. The first-order valence-electron chi connectivity index (χ1n) is 7.07. The second-order valence-electron chi connectivity index (χ2n) is 4.82. The van der Waals surface area contributed by atoms with Crippen LogP contribution in [0.15, 0.2) is 22.5 Å². The second-order valence-corrected chi connectivity index (χ2v) is 7.02. The number of rotatable bonds is 8. The summed E-state index contributed by atoms with van der Waals surface area (Å²) >= 11 is 1.87. The van der Waals surface area contributed by atoms with E-state index < -0.39 is 23.6 Å². The summed E-state index contributed by atoms with van der Waals surface area (Å²) in [7, 11) is 1.31. The minimum atomic E-state index is -4.37. The van der Waals surface area contributed by atoms with Crippen LogP contribution in [0.2, 0.25) is 0 Å². The number of carbonyl (C=O) groups is 1. The van der Waals surface area contributed by atoms with Crippen LogP contribution in [0.1, 0.15) is 0 Å². The maximum atomic E-state index is 12.1. The lowest BCUT2D eigenvalue weighted by molar-refractivity contribution is -0.384. The molecule has 1 aromatic heterocycles. The standard InChI is InChI=1S/C13H12F3N5O4S2/c1-25-9-4-7(21(23)24)2-3-8(9)18-10(22)5-26-12-20-19-11(27-12)17-6-13(14,15)16/h2-4H,5-6H2,1H3,(H,17,19)(H,18,22). The Balaban J connectivity index is 1.90. The molecule has 0 aliphatic heterocycles. The fourth-order valence-electron chi connectivity index (χ4n) is 1.73. The zero-order valence-electron chi connectivity index (χ0n) is 13.6. The van der Waals surface area contributed by atoms with Gasteiger partial charge in [0, 0.05) is 6.07 Å². The fraction of sp³-hybridized carbons (Fsp3) is 0.308. The Hall–Kier alpha value is -2.61. The number of ether oxygens (including phenoxy) is 1. The largest absolute Gasteiger partial charge is 0.494 e. The number of amides is 1. The number of thioether (sulfide) groups is 1. The Bertz CT molecular complexity index is 831. The van der Waals surface area contributed by atoms with Crippen molar-refractivity contribution in [1.29, 1.82) is 0 Å². The molecule has 0 aliphatic rings. The normalized spacial score (nSPS) is 11.1. The number of hydrogen-bond donors (Lipinski definition) is 2. The second kappa shape index (κ2) is 8.85. The van der Waals surface area contributed by atoms with Gasteiger partial charge in [-0.15, -0.1) is 10.2 Å². The van der Waals surface area contributed by atoms with Gasteiger partial charge in [-0.3, -0.25) is 14.9 Å². The molecule has 14 heteroatoms. The van der Waals surface area contributed by atoms with Crippen molar-refractivity contribution in [2.45, 2.75) is 10.5 Å². The highest BCUT2D eigenvalue weighted by atomic mass is 32.2. The van der Waals surface area contributed by atoms with E-state index in [2.05, 4.69) is 20.8 Å². The Morgan fingerprint density at radius 2 is 2.15 bits per heavy atom. The van der Waals surface area contributed by atoms with Crippen molar-refractivity contribution in [3.8, 4) is 5.75 Å². The molecule has 0 bridgehead atoms. The summed E-state index contributed by atoms with van der Waals surface area (Å²) in [5.74, 6) is -0.419. The smallest absolute Gasteiger partial charge is 0.405 e. The third kappa shape index (κ3) is 6.56. The summed E-state index contributed by atoms with van der Waals surface area (Å²) < 4.78 is 41.7. The Kier molecular flexibility index (Phi) is 6.79. The van der Waals surface area contributed by atoms with Gasteiger partial charge in [-0.25, -0.2) is 0 Å². The highest BCUT2D eigenvalue weighted by molar-refractivity contribution is 8.01. The van der Waals surface area contributed by atoms with Crippen LogP contribution in [0.5, 0.6) is 5.75 Å². The zero-order chi connectivity index (χ0) is 20.0. The number of aromatic nitrogens is 2. The quantitative estimate of drug-likeness (QED) is 0.378. The number of methoxy groups -OCH3 is 1. The van der Waals surface area contributed by atoms with Crippen molar-refractivity contribution in [3.05, 3.63) is 28.3 Å². The lowest BCUT2D eigenvalue weighted by Gasteiger charge is -2.09. The molecule has 0 saturated carbocycles. The van der Waals surface area contributed by atoms with Gasteiger partial charge < -0.3 is 15.4 Å². The number of hydrogen-bond acceptors (Lipinski definition) is 9. The van der Waals surface area contributed by atoms with Crippen LogP contribution in [-0.2, 0) is 4.79 Å².